The molecule has 1 unspecified atom stereocenters. The predicted octanol–water partition coefficient (Wildman–Crippen LogP) is 3.02. The van der Waals surface area contributed by atoms with Crippen LogP contribution in [-0.4, -0.2) is 12.2 Å². The highest BCUT2D eigenvalue weighted by Gasteiger charge is 2.40. The maximum absolute atomic E-state index is 14.4. The van der Waals surface area contributed by atoms with Crippen molar-refractivity contribution >= 4 is 0 Å². The molecule has 1 aliphatic rings. The maximum Gasteiger partial charge on any atom is 0.171 e. The molecule has 98 valence electrons. The van der Waals surface area contributed by atoms with Crippen molar-refractivity contribution in [3.8, 4) is 5.75 Å². The fourth-order valence-corrected chi connectivity index (χ4v) is 2.86. The van der Waals surface area contributed by atoms with Crippen LogP contribution in [0.1, 0.15) is 23.1 Å². The third kappa shape index (κ3) is 1.73. The lowest BCUT2D eigenvalue weighted by atomic mass is 9.87. The summed E-state index contributed by atoms with van der Waals surface area (Å²) in [5, 5.41) is 10.9. The summed E-state index contributed by atoms with van der Waals surface area (Å²) in [4.78, 5) is 0. The Morgan fingerprint density at radius 3 is 2.63 bits per heavy atom. The zero-order chi connectivity index (χ0) is 13.5. The van der Waals surface area contributed by atoms with Crippen molar-refractivity contribution in [3.63, 3.8) is 0 Å². The van der Waals surface area contributed by atoms with Gasteiger partial charge in [0.05, 0.1) is 7.11 Å². The Hall–Kier alpha value is -1.87. The summed E-state index contributed by atoms with van der Waals surface area (Å²) in [7, 11) is 1.43. The molecule has 0 fully saturated rings. The molecule has 0 bridgehead atoms. The molecular formula is C16H15FO2. The minimum Gasteiger partial charge on any atom is -0.494 e. The molecule has 2 aromatic rings. The molecule has 0 spiro atoms. The van der Waals surface area contributed by atoms with Crippen LogP contribution in [0.2, 0.25) is 0 Å². The number of halogens is 1. The molecule has 0 radical (unpaired) electrons. The second-order valence-corrected chi connectivity index (χ2v) is 4.84. The fraction of sp³-hybridized carbons (Fsp3) is 0.250. The molecule has 1 N–H and O–H groups in total. The van der Waals surface area contributed by atoms with Gasteiger partial charge >= 0.3 is 0 Å². The molecule has 0 aromatic heterocycles. The number of methoxy groups -OCH3 is 1. The number of benzene rings is 2. The molecule has 0 aliphatic heterocycles. The number of ether oxygens (including phenoxy) is 1. The van der Waals surface area contributed by atoms with E-state index in [1.807, 2.05) is 24.3 Å². The normalized spacial score (nSPS) is 21.2. The van der Waals surface area contributed by atoms with Gasteiger partial charge in [0.25, 0.3) is 0 Å². The summed E-state index contributed by atoms with van der Waals surface area (Å²) < 4.78 is 19.4. The standard InChI is InChI=1S/C16H15FO2/c1-19-14-8-4-7-13(15(14)17)16(18)10-9-11-5-2-3-6-12(11)16/h2-8,18H,9-10H2,1H3. The predicted molar refractivity (Wildman–Crippen MR) is 70.7 cm³/mol. The Morgan fingerprint density at radius 1 is 1.11 bits per heavy atom. The van der Waals surface area contributed by atoms with Crippen LogP contribution in [0.15, 0.2) is 42.5 Å². The largest absolute Gasteiger partial charge is 0.494 e. The van der Waals surface area contributed by atoms with Gasteiger partial charge in [-0.25, -0.2) is 4.39 Å². The van der Waals surface area contributed by atoms with Gasteiger partial charge < -0.3 is 9.84 Å². The minimum absolute atomic E-state index is 0.162. The summed E-state index contributed by atoms with van der Waals surface area (Å²) in [5.74, 6) is -0.320. The molecular weight excluding hydrogens is 243 g/mol. The highest BCUT2D eigenvalue weighted by Crippen LogP contribution is 2.43. The molecule has 0 saturated carbocycles. The molecule has 19 heavy (non-hydrogen) atoms. The van der Waals surface area contributed by atoms with Gasteiger partial charge in [0.15, 0.2) is 11.6 Å². The van der Waals surface area contributed by atoms with Gasteiger partial charge in [-0.1, -0.05) is 36.4 Å². The van der Waals surface area contributed by atoms with Crippen LogP contribution >= 0.6 is 0 Å². The van der Waals surface area contributed by atoms with E-state index in [-0.39, 0.29) is 11.3 Å². The molecule has 1 aliphatic carbocycles. The third-order valence-electron chi connectivity index (χ3n) is 3.85. The van der Waals surface area contributed by atoms with Crippen molar-refractivity contribution < 1.29 is 14.2 Å². The molecule has 0 saturated heterocycles. The first-order valence-corrected chi connectivity index (χ1v) is 6.30. The van der Waals surface area contributed by atoms with Gasteiger partial charge in [0.1, 0.15) is 5.60 Å². The second kappa shape index (κ2) is 4.35. The average Bonchev–Trinajstić information content (AvgIpc) is 2.78. The molecule has 1 atom stereocenters. The van der Waals surface area contributed by atoms with E-state index in [0.29, 0.717) is 6.42 Å². The Balaban J connectivity index is 2.18. The molecule has 0 amide bonds. The quantitative estimate of drug-likeness (QED) is 0.897. The van der Waals surface area contributed by atoms with E-state index in [1.54, 1.807) is 18.2 Å². The van der Waals surface area contributed by atoms with E-state index >= 15 is 0 Å². The average molecular weight is 258 g/mol. The third-order valence-corrected chi connectivity index (χ3v) is 3.85. The Bertz CT molecular complexity index is 624. The van der Waals surface area contributed by atoms with Crippen LogP contribution in [0.5, 0.6) is 5.75 Å². The summed E-state index contributed by atoms with van der Waals surface area (Å²) in [6.45, 7) is 0. The van der Waals surface area contributed by atoms with Crippen LogP contribution in [0.25, 0.3) is 0 Å². The number of hydrogen-bond acceptors (Lipinski definition) is 2. The monoisotopic (exact) mass is 258 g/mol. The minimum atomic E-state index is -1.25. The Morgan fingerprint density at radius 2 is 1.84 bits per heavy atom. The number of fused-ring (bicyclic) bond motifs is 1. The smallest absolute Gasteiger partial charge is 0.171 e. The lowest BCUT2D eigenvalue weighted by Gasteiger charge is -2.25. The second-order valence-electron chi connectivity index (χ2n) is 4.84. The van der Waals surface area contributed by atoms with Crippen LogP contribution in [0.3, 0.4) is 0 Å². The molecule has 2 nitrogen and oxygen atoms in total. The summed E-state index contributed by atoms with van der Waals surface area (Å²) >= 11 is 0. The van der Waals surface area contributed by atoms with E-state index in [1.165, 1.54) is 7.11 Å². The number of rotatable bonds is 2. The van der Waals surface area contributed by atoms with Gasteiger partial charge in [0, 0.05) is 5.56 Å². The van der Waals surface area contributed by atoms with E-state index < -0.39 is 11.4 Å². The zero-order valence-electron chi connectivity index (χ0n) is 10.7. The lowest BCUT2D eigenvalue weighted by molar-refractivity contribution is 0.0783. The highest BCUT2D eigenvalue weighted by molar-refractivity contribution is 5.47. The van der Waals surface area contributed by atoms with Gasteiger partial charge in [-0.3, -0.25) is 0 Å². The lowest BCUT2D eigenvalue weighted by Crippen LogP contribution is -2.25. The van der Waals surface area contributed by atoms with Crippen LogP contribution in [-0.2, 0) is 12.0 Å². The molecule has 3 rings (SSSR count). The van der Waals surface area contributed by atoms with Crippen molar-refractivity contribution in [1.82, 2.24) is 0 Å². The van der Waals surface area contributed by atoms with Gasteiger partial charge in [0.2, 0.25) is 0 Å². The zero-order valence-corrected chi connectivity index (χ0v) is 10.7. The number of aryl methyl sites for hydroxylation is 1. The van der Waals surface area contributed by atoms with E-state index in [2.05, 4.69) is 0 Å². The Kier molecular flexibility index (Phi) is 2.79. The summed E-state index contributed by atoms with van der Waals surface area (Å²) in [5.41, 5.74) is 0.904. The Labute approximate surface area is 111 Å². The van der Waals surface area contributed by atoms with Crippen LogP contribution in [0, 0.1) is 5.82 Å². The summed E-state index contributed by atoms with van der Waals surface area (Å²) in [6, 6.07) is 12.5. The van der Waals surface area contributed by atoms with E-state index in [9.17, 15) is 9.50 Å². The highest BCUT2D eigenvalue weighted by atomic mass is 19.1. The molecule has 3 heteroatoms. The summed E-state index contributed by atoms with van der Waals surface area (Å²) in [6.07, 6.45) is 1.25. The van der Waals surface area contributed by atoms with Crippen molar-refractivity contribution in [3.05, 3.63) is 65.0 Å². The van der Waals surface area contributed by atoms with Crippen LogP contribution in [0.4, 0.5) is 4.39 Å². The molecule has 0 heterocycles. The molecule has 2 aromatic carbocycles. The van der Waals surface area contributed by atoms with Gasteiger partial charge in [-0.2, -0.15) is 0 Å². The van der Waals surface area contributed by atoms with Crippen molar-refractivity contribution in [2.24, 2.45) is 0 Å². The SMILES string of the molecule is COc1cccc(C2(O)CCc3ccccc32)c1F. The van der Waals surface area contributed by atoms with Crippen LogP contribution < -0.4 is 4.74 Å². The van der Waals surface area contributed by atoms with Crippen molar-refractivity contribution in [2.75, 3.05) is 7.11 Å². The van der Waals surface area contributed by atoms with Gasteiger partial charge in [-0.05, 0) is 30.0 Å². The maximum atomic E-state index is 14.4. The van der Waals surface area contributed by atoms with E-state index in [4.69, 9.17) is 4.74 Å². The fourth-order valence-electron chi connectivity index (χ4n) is 2.86. The first kappa shape index (κ1) is 12.2. The first-order valence-electron chi connectivity index (χ1n) is 6.30. The van der Waals surface area contributed by atoms with Gasteiger partial charge in [-0.15, -0.1) is 0 Å². The van der Waals surface area contributed by atoms with Crippen molar-refractivity contribution in [2.45, 2.75) is 18.4 Å². The van der Waals surface area contributed by atoms with E-state index in [0.717, 1.165) is 17.5 Å². The van der Waals surface area contributed by atoms with Crippen molar-refractivity contribution in [1.29, 1.82) is 0 Å². The number of hydrogen-bond donors (Lipinski definition) is 1. The first-order chi connectivity index (χ1) is 9.16. The number of aliphatic hydroxyl groups is 1. The topological polar surface area (TPSA) is 29.5 Å².